The van der Waals surface area contributed by atoms with Crippen LogP contribution in [0.4, 0.5) is 0 Å². The second-order valence-electron chi connectivity index (χ2n) is 16.4. The van der Waals surface area contributed by atoms with Gasteiger partial charge in [0.05, 0.1) is 97.2 Å². The highest BCUT2D eigenvalue weighted by Gasteiger charge is 2.22. The van der Waals surface area contributed by atoms with Gasteiger partial charge < -0.3 is 75.9 Å². The highest BCUT2D eigenvalue weighted by Crippen LogP contribution is 2.10. The maximum absolute atomic E-state index is 12.9. The van der Waals surface area contributed by atoms with E-state index in [4.69, 9.17) is 33.5 Å². The van der Waals surface area contributed by atoms with Crippen LogP contribution < -0.4 is 37.2 Å². The lowest BCUT2D eigenvalue weighted by Crippen LogP contribution is -2.48. The molecule has 0 heterocycles. The standard InChI is InChI=1S/C46H83N7O17S2/c1-34(2)71-32-42(58)48-16-7-9-36(52-43(59)33-72-35(3)4)45(62)51-19-25-70-31-28-67-22-14-40(56)50-18-24-69-30-27-66-21-13-39(55)49-17-23-68-29-26-65-20-12-38(54)47-15-6-5-8-37(46(63)64)53-41(57)10-11-44(60)61/h34-37H,5-33H2,1-4H3,(H,47,54)(H,48,58)(H,49,55)(H,50,56)(H,51,62)(H,52,59)(H,53,57)(H,60,61)(H,63,64)/t36-,37-/m0/s1. The van der Waals surface area contributed by atoms with Gasteiger partial charge in [-0.25, -0.2) is 4.79 Å². The molecule has 0 saturated carbocycles. The van der Waals surface area contributed by atoms with Gasteiger partial charge in [-0.1, -0.05) is 27.7 Å². The van der Waals surface area contributed by atoms with E-state index in [0.29, 0.717) is 69.5 Å². The lowest BCUT2D eigenvalue weighted by atomic mass is 10.1. The molecule has 24 nitrogen and oxygen atoms in total. The Morgan fingerprint density at radius 1 is 0.389 bits per heavy atom. The normalized spacial score (nSPS) is 11.9. The summed E-state index contributed by atoms with van der Waals surface area (Å²) in [6.45, 7) is 12.6. The number of rotatable bonds is 49. The SMILES string of the molecule is CC(C)SCC(=O)NCCC[C@H](NC(=O)CSC(C)C)C(=O)NCCOCCOCCC(=O)NCCOCCOCCC(=O)NCCOCCOCCC(=O)NCCCC[C@H](NC(=O)CCC(=O)O)C(=O)O. The zero-order chi connectivity index (χ0) is 53.6. The number of hydrogen-bond donors (Lipinski definition) is 9. The zero-order valence-electron chi connectivity index (χ0n) is 42.7. The average Bonchev–Trinajstić information content (AvgIpc) is 3.32. The Labute approximate surface area is 432 Å². The van der Waals surface area contributed by atoms with Gasteiger partial charge in [-0.2, -0.15) is 0 Å². The minimum atomic E-state index is -1.22. The van der Waals surface area contributed by atoms with Crippen LogP contribution >= 0.6 is 23.5 Å². The molecular formula is C46H83N7O17S2. The van der Waals surface area contributed by atoms with Crippen LogP contribution in [0.2, 0.25) is 0 Å². The molecule has 72 heavy (non-hydrogen) atoms. The summed E-state index contributed by atoms with van der Waals surface area (Å²) in [6.07, 6.45) is 1.70. The van der Waals surface area contributed by atoms with Gasteiger partial charge >= 0.3 is 11.9 Å². The summed E-state index contributed by atoms with van der Waals surface area (Å²) < 4.78 is 32.7. The molecule has 416 valence electrons. The maximum atomic E-state index is 12.9. The largest absolute Gasteiger partial charge is 0.481 e. The van der Waals surface area contributed by atoms with Crippen LogP contribution in [0, 0.1) is 0 Å². The van der Waals surface area contributed by atoms with E-state index in [-0.39, 0.29) is 164 Å². The first-order chi connectivity index (χ1) is 34.5. The molecule has 0 rings (SSSR count). The average molecular weight is 1070 g/mol. The number of carboxylic acids is 2. The number of aliphatic carboxylic acids is 2. The first kappa shape index (κ1) is 67.7. The van der Waals surface area contributed by atoms with Crippen LogP contribution in [0.15, 0.2) is 0 Å². The van der Waals surface area contributed by atoms with Crippen LogP contribution in [0.25, 0.3) is 0 Å². The van der Waals surface area contributed by atoms with Crippen molar-refractivity contribution in [2.24, 2.45) is 0 Å². The van der Waals surface area contributed by atoms with E-state index in [2.05, 4.69) is 37.2 Å². The number of carbonyl (C=O) groups is 9. The summed E-state index contributed by atoms with van der Waals surface area (Å²) in [5.74, 6) is -3.63. The van der Waals surface area contributed by atoms with E-state index >= 15 is 0 Å². The number of amides is 7. The Bertz CT molecular complexity index is 1550. The zero-order valence-corrected chi connectivity index (χ0v) is 44.3. The molecule has 0 unspecified atom stereocenters. The van der Waals surface area contributed by atoms with Crippen molar-refractivity contribution in [3.63, 3.8) is 0 Å². The molecule has 0 bridgehead atoms. The van der Waals surface area contributed by atoms with Crippen molar-refractivity contribution in [2.45, 2.75) is 114 Å². The fourth-order valence-electron chi connectivity index (χ4n) is 5.64. The van der Waals surface area contributed by atoms with E-state index in [1.807, 2.05) is 27.7 Å². The molecule has 0 fully saturated rings. The molecule has 0 spiro atoms. The van der Waals surface area contributed by atoms with Crippen LogP contribution in [-0.4, -0.2) is 210 Å². The van der Waals surface area contributed by atoms with Crippen molar-refractivity contribution in [1.82, 2.24) is 37.2 Å². The summed E-state index contributed by atoms with van der Waals surface area (Å²) in [4.78, 5) is 107. The van der Waals surface area contributed by atoms with E-state index in [1.165, 1.54) is 11.8 Å². The third-order valence-electron chi connectivity index (χ3n) is 9.40. The number of hydrogen-bond acceptors (Lipinski definition) is 17. The molecule has 0 aliphatic heterocycles. The lowest BCUT2D eigenvalue weighted by Gasteiger charge is -2.19. The number of carboxylic acid groups (broad SMARTS) is 2. The second kappa shape index (κ2) is 46.5. The Hall–Kier alpha value is -4.31. The fraction of sp³-hybridized carbons (Fsp3) is 0.804. The quantitative estimate of drug-likeness (QED) is 0.0362. The number of thioether (sulfide) groups is 2. The Balaban J connectivity index is 3.77. The minimum absolute atomic E-state index is 0.0608. The Morgan fingerprint density at radius 3 is 1.24 bits per heavy atom. The van der Waals surface area contributed by atoms with Crippen molar-refractivity contribution < 1.29 is 81.8 Å². The highest BCUT2D eigenvalue weighted by molar-refractivity contribution is 8.00. The van der Waals surface area contributed by atoms with E-state index < -0.39 is 29.9 Å². The van der Waals surface area contributed by atoms with Crippen molar-refractivity contribution in [3.8, 4) is 0 Å². The highest BCUT2D eigenvalue weighted by atomic mass is 32.2. The van der Waals surface area contributed by atoms with Crippen LogP contribution in [0.3, 0.4) is 0 Å². The van der Waals surface area contributed by atoms with Crippen molar-refractivity contribution in [3.05, 3.63) is 0 Å². The molecule has 7 amide bonds. The Morgan fingerprint density at radius 2 is 0.778 bits per heavy atom. The number of unbranched alkanes of at least 4 members (excludes halogenated alkanes) is 1. The molecule has 9 N–H and O–H groups in total. The van der Waals surface area contributed by atoms with Crippen molar-refractivity contribution in [1.29, 1.82) is 0 Å². The molecule has 0 aliphatic carbocycles. The van der Waals surface area contributed by atoms with Gasteiger partial charge in [0.2, 0.25) is 41.4 Å². The van der Waals surface area contributed by atoms with E-state index in [0.717, 1.165) is 0 Å². The predicted octanol–water partition coefficient (Wildman–Crippen LogP) is -0.0100. The molecule has 0 radical (unpaired) electrons. The minimum Gasteiger partial charge on any atom is -0.481 e. The lowest BCUT2D eigenvalue weighted by molar-refractivity contribution is -0.142. The third kappa shape index (κ3) is 45.5. The van der Waals surface area contributed by atoms with Gasteiger partial charge in [0.25, 0.3) is 0 Å². The fourth-order valence-corrected chi connectivity index (χ4v) is 6.80. The molecule has 0 aromatic rings. The Kier molecular flexibility index (Phi) is 43.7. The molecule has 0 aliphatic rings. The van der Waals surface area contributed by atoms with Crippen LogP contribution in [0.1, 0.15) is 91.9 Å². The maximum Gasteiger partial charge on any atom is 0.326 e. The summed E-state index contributed by atoms with van der Waals surface area (Å²) in [5.41, 5.74) is 0. The number of carbonyl (C=O) groups excluding carboxylic acids is 7. The van der Waals surface area contributed by atoms with Gasteiger partial charge in [0, 0.05) is 58.4 Å². The third-order valence-corrected chi connectivity index (χ3v) is 11.6. The summed E-state index contributed by atoms with van der Waals surface area (Å²) in [7, 11) is 0. The molecule has 0 aromatic carbocycles. The van der Waals surface area contributed by atoms with E-state index in [1.54, 1.807) is 11.8 Å². The number of nitrogens with one attached hydrogen (secondary N) is 7. The van der Waals surface area contributed by atoms with Crippen molar-refractivity contribution >= 4 is 76.8 Å². The van der Waals surface area contributed by atoms with Gasteiger partial charge in [-0.3, -0.25) is 38.4 Å². The first-order valence-corrected chi connectivity index (χ1v) is 26.7. The van der Waals surface area contributed by atoms with Gasteiger partial charge in [-0.15, -0.1) is 23.5 Å². The van der Waals surface area contributed by atoms with Crippen LogP contribution in [-0.2, 0) is 71.6 Å². The predicted molar refractivity (Wildman–Crippen MR) is 270 cm³/mol. The number of ether oxygens (including phenoxy) is 6. The van der Waals surface area contributed by atoms with Gasteiger partial charge in [0.15, 0.2) is 0 Å². The van der Waals surface area contributed by atoms with Gasteiger partial charge in [0.1, 0.15) is 12.1 Å². The van der Waals surface area contributed by atoms with E-state index in [9.17, 15) is 48.3 Å². The molecule has 0 saturated heterocycles. The summed E-state index contributed by atoms with van der Waals surface area (Å²) in [5, 5.41) is 37.5. The molecule has 26 heteroatoms. The summed E-state index contributed by atoms with van der Waals surface area (Å²) in [6, 6.07) is -1.87. The smallest absolute Gasteiger partial charge is 0.326 e. The first-order valence-electron chi connectivity index (χ1n) is 24.6. The van der Waals surface area contributed by atoms with Gasteiger partial charge in [-0.05, 0) is 42.6 Å². The molecule has 0 aromatic heterocycles. The van der Waals surface area contributed by atoms with Crippen LogP contribution in [0.5, 0.6) is 0 Å². The monoisotopic (exact) mass is 1070 g/mol. The molecular weight excluding hydrogens is 987 g/mol. The van der Waals surface area contributed by atoms with Crippen molar-refractivity contribution in [2.75, 3.05) is 124 Å². The second-order valence-corrected chi connectivity index (χ2v) is 19.6. The topological polar surface area (TPSA) is 334 Å². The summed E-state index contributed by atoms with van der Waals surface area (Å²) >= 11 is 3.04. The molecule has 2 atom stereocenters.